The molecule has 0 spiro atoms. The first-order chi connectivity index (χ1) is 9.38. The average molecular weight is 341 g/mol. The maximum Gasteiger partial charge on any atom is 0.331 e. The molecule has 1 aromatic rings. The van der Waals surface area contributed by atoms with E-state index in [9.17, 15) is 14.4 Å². The number of carbonyl (C=O) groups excluding carboxylic acids is 3. The van der Waals surface area contributed by atoms with Gasteiger partial charge in [-0.15, -0.1) is 0 Å². The molecule has 1 rings (SSSR count). The summed E-state index contributed by atoms with van der Waals surface area (Å²) in [6.07, 6.45) is 1.63. The number of primary amides is 1. The molecular weight excluding hydrogens is 328 g/mol. The van der Waals surface area contributed by atoms with Gasteiger partial charge in [0.25, 0.3) is 5.91 Å². The van der Waals surface area contributed by atoms with Gasteiger partial charge in [-0.05, 0) is 30.7 Å². The number of esters is 1. The average Bonchev–Trinajstić information content (AvgIpc) is 2.37. The third kappa shape index (κ3) is 5.66. The van der Waals surface area contributed by atoms with E-state index in [1.807, 2.05) is 17.4 Å². The Morgan fingerprint density at radius 3 is 2.45 bits per heavy atom. The molecule has 7 heteroatoms. The molecule has 1 aromatic carbocycles. The predicted molar refractivity (Wildman–Crippen MR) is 76.5 cm³/mol. The number of ether oxygens (including phenoxy) is 1. The van der Waals surface area contributed by atoms with Gasteiger partial charge in [0.15, 0.2) is 6.10 Å². The summed E-state index contributed by atoms with van der Waals surface area (Å²) in [5, 5.41) is 1.82. The van der Waals surface area contributed by atoms with Crippen molar-refractivity contribution in [2.45, 2.75) is 13.0 Å². The molecule has 3 N–H and O–H groups in total. The molecule has 1 atom stereocenters. The summed E-state index contributed by atoms with van der Waals surface area (Å²) >= 11 is 3.30. The second kappa shape index (κ2) is 7.44. The van der Waals surface area contributed by atoms with Crippen LogP contribution in [0.4, 0.5) is 4.79 Å². The summed E-state index contributed by atoms with van der Waals surface area (Å²) in [5.41, 5.74) is 5.58. The number of rotatable bonds is 4. The van der Waals surface area contributed by atoms with E-state index < -0.39 is 24.0 Å². The minimum absolute atomic E-state index is 0.694. The van der Waals surface area contributed by atoms with Gasteiger partial charge in [0.05, 0.1) is 0 Å². The zero-order chi connectivity index (χ0) is 15.1. The number of benzene rings is 1. The molecule has 0 fully saturated rings. The number of carbonyl (C=O) groups is 3. The van der Waals surface area contributed by atoms with Crippen LogP contribution >= 0.6 is 15.9 Å². The summed E-state index contributed by atoms with van der Waals surface area (Å²) in [5.74, 6) is -1.47. The van der Waals surface area contributed by atoms with Crippen molar-refractivity contribution < 1.29 is 19.1 Å². The number of imide groups is 1. The topological polar surface area (TPSA) is 98.5 Å². The maximum absolute atomic E-state index is 11.5. The maximum atomic E-state index is 11.5. The third-order valence-electron chi connectivity index (χ3n) is 2.19. The molecule has 106 valence electrons. The van der Waals surface area contributed by atoms with Gasteiger partial charge in [0.2, 0.25) is 0 Å². The molecule has 3 amide bonds. The van der Waals surface area contributed by atoms with E-state index in [0.29, 0.717) is 0 Å². The number of nitrogens with one attached hydrogen (secondary N) is 1. The zero-order valence-electron chi connectivity index (χ0n) is 10.6. The third-order valence-corrected chi connectivity index (χ3v) is 2.72. The summed E-state index contributed by atoms with van der Waals surface area (Å²) in [6, 6.07) is 6.26. The first-order valence-electron chi connectivity index (χ1n) is 5.63. The van der Waals surface area contributed by atoms with E-state index >= 15 is 0 Å². The van der Waals surface area contributed by atoms with Gasteiger partial charge in [0, 0.05) is 10.5 Å². The highest BCUT2D eigenvalue weighted by Crippen LogP contribution is 2.11. The molecular formula is C13H13BrN2O4. The fourth-order valence-corrected chi connectivity index (χ4v) is 1.49. The second-order valence-electron chi connectivity index (χ2n) is 3.82. The summed E-state index contributed by atoms with van der Waals surface area (Å²) in [7, 11) is 0. The number of urea groups is 1. The molecule has 0 aliphatic heterocycles. The molecule has 0 radical (unpaired) electrons. The van der Waals surface area contributed by atoms with E-state index in [0.717, 1.165) is 10.0 Å². The summed E-state index contributed by atoms with van der Waals surface area (Å²) in [6.45, 7) is 1.34. The van der Waals surface area contributed by atoms with Crippen LogP contribution in [-0.2, 0) is 14.3 Å². The van der Waals surface area contributed by atoms with E-state index in [4.69, 9.17) is 10.5 Å². The molecule has 6 nitrogen and oxygen atoms in total. The van der Waals surface area contributed by atoms with Crippen molar-refractivity contribution in [2.75, 3.05) is 0 Å². The Hall–Kier alpha value is -2.15. The SMILES string of the molecule is C[C@@H](OC(=O)/C=C/c1ccc(Br)cc1)C(=O)NC(N)=O. The lowest BCUT2D eigenvalue weighted by atomic mass is 10.2. The smallest absolute Gasteiger partial charge is 0.331 e. The molecule has 0 heterocycles. The molecule has 0 unspecified atom stereocenters. The fourth-order valence-electron chi connectivity index (χ4n) is 1.23. The Labute approximate surface area is 124 Å². The minimum Gasteiger partial charge on any atom is -0.449 e. The highest BCUT2D eigenvalue weighted by molar-refractivity contribution is 9.10. The Morgan fingerprint density at radius 2 is 1.90 bits per heavy atom. The lowest BCUT2D eigenvalue weighted by molar-refractivity contribution is -0.149. The second-order valence-corrected chi connectivity index (χ2v) is 4.73. The normalized spacial score (nSPS) is 11.9. The Balaban J connectivity index is 2.52. The van der Waals surface area contributed by atoms with Crippen molar-refractivity contribution in [3.63, 3.8) is 0 Å². The predicted octanol–water partition coefficient (Wildman–Crippen LogP) is 1.59. The van der Waals surface area contributed by atoms with E-state index in [1.54, 1.807) is 18.2 Å². The Kier molecular flexibility index (Phi) is 5.92. The van der Waals surface area contributed by atoms with Crippen molar-refractivity contribution in [3.8, 4) is 0 Å². The number of amides is 3. The van der Waals surface area contributed by atoms with Crippen molar-refractivity contribution in [1.82, 2.24) is 5.32 Å². The lowest BCUT2D eigenvalue weighted by Gasteiger charge is -2.09. The van der Waals surface area contributed by atoms with Crippen LogP contribution in [0.1, 0.15) is 12.5 Å². The van der Waals surface area contributed by atoms with Gasteiger partial charge >= 0.3 is 12.0 Å². The van der Waals surface area contributed by atoms with Gasteiger partial charge in [-0.3, -0.25) is 10.1 Å². The standard InChI is InChI=1S/C13H13BrN2O4/c1-8(12(18)16-13(15)19)20-11(17)7-4-9-2-5-10(14)6-3-9/h2-8H,1H3,(H3,15,16,18,19)/b7-4+/t8-/m1/s1. The molecule has 0 saturated heterocycles. The van der Waals surface area contributed by atoms with Gasteiger partial charge < -0.3 is 10.5 Å². The van der Waals surface area contributed by atoms with Crippen LogP contribution < -0.4 is 11.1 Å². The quantitative estimate of drug-likeness (QED) is 0.642. The van der Waals surface area contributed by atoms with Crippen LogP contribution in [0, 0.1) is 0 Å². The number of hydrogen-bond donors (Lipinski definition) is 2. The van der Waals surface area contributed by atoms with Crippen molar-refractivity contribution in [2.24, 2.45) is 5.73 Å². The van der Waals surface area contributed by atoms with Gasteiger partial charge in [-0.2, -0.15) is 0 Å². The number of halogens is 1. The molecule has 0 aromatic heterocycles. The molecule has 20 heavy (non-hydrogen) atoms. The highest BCUT2D eigenvalue weighted by atomic mass is 79.9. The summed E-state index contributed by atoms with van der Waals surface area (Å²) in [4.78, 5) is 33.2. The highest BCUT2D eigenvalue weighted by Gasteiger charge is 2.17. The molecule has 0 saturated carbocycles. The van der Waals surface area contributed by atoms with Crippen molar-refractivity contribution in [1.29, 1.82) is 0 Å². The zero-order valence-corrected chi connectivity index (χ0v) is 12.2. The number of hydrogen-bond acceptors (Lipinski definition) is 4. The molecule has 0 aliphatic carbocycles. The van der Waals surface area contributed by atoms with E-state index in [1.165, 1.54) is 13.0 Å². The lowest BCUT2D eigenvalue weighted by Crippen LogP contribution is -2.42. The first kappa shape index (κ1) is 15.9. The summed E-state index contributed by atoms with van der Waals surface area (Å²) < 4.78 is 5.73. The van der Waals surface area contributed by atoms with E-state index in [2.05, 4.69) is 15.9 Å². The Morgan fingerprint density at radius 1 is 1.30 bits per heavy atom. The van der Waals surface area contributed by atoms with Gasteiger partial charge in [-0.1, -0.05) is 28.1 Å². The van der Waals surface area contributed by atoms with Crippen LogP contribution in [-0.4, -0.2) is 24.0 Å². The van der Waals surface area contributed by atoms with Gasteiger partial charge in [0.1, 0.15) is 0 Å². The largest absolute Gasteiger partial charge is 0.449 e. The number of nitrogens with two attached hydrogens (primary N) is 1. The van der Waals surface area contributed by atoms with Crippen LogP contribution in [0.3, 0.4) is 0 Å². The molecule has 0 bridgehead atoms. The van der Waals surface area contributed by atoms with Crippen LogP contribution in [0.5, 0.6) is 0 Å². The van der Waals surface area contributed by atoms with Gasteiger partial charge in [-0.25, -0.2) is 9.59 Å². The van der Waals surface area contributed by atoms with Crippen LogP contribution in [0.25, 0.3) is 6.08 Å². The molecule has 0 aliphatic rings. The minimum atomic E-state index is -1.11. The Bertz CT molecular complexity index is 540. The monoisotopic (exact) mass is 340 g/mol. The van der Waals surface area contributed by atoms with Crippen molar-refractivity contribution in [3.05, 3.63) is 40.4 Å². The fraction of sp³-hybridized carbons (Fsp3) is 0.154. The van der Waals surface area contributed by atoms with Crippen LogP contribution in [0.2, 0.25) is 0 Å². The van der Waals surface area contributed by atoms with E-state index in [-0.39, 0.29) is 0 Å². The van der Waals surface area contributed by atoms with Crippen molar-refractivity contribution >= 4 is 39.9 Å². The van der Waals surface area contributed by atoms with Crippen LogP contribution in [0.15, 0.2) is 34.8 Å². The first-order valence-corrected chi connectivity index (χ1v) is 6.42.